The molecule has 1 unspecified atom stereocenters. The molecule has 1 aromatic heterocycles. The maximum Gasteiger partial charge on any atom is 0.0728 e. The van der Waals surface area contributed by atoms with Crippen LogP contribution in [0.4, 0.5) is 5.69 Å². The summed E-state index contributed by atoms with van der Waals surface area (Å²) in [4.78, 5) is 0. The Kier molecular flexibility index (Phi) is 4.03. The molecular formula is C15H21N3. The van der Waals surface area contributed by atoms with E-state index in [2.05, 4.69) is 48.5 Å². The van der Waals surface area contributed by atoms with Gasteiger partial charge in [0.2, 0.25) is 0 Å². The molecule has 96 valence electrons. The number of hydrogen-bond donors (Lipinski definition) is 1. The molecule has 1 heterocycles. The molecule has 3 heteroatoms. The molecule has 1 N–H and O–H groups in total. The lowest BCUT2D eigenvalue weighted by Gasteiger charge is -2.13. The largest absolute Gasteiger partial charge is 0.380 e. The minimum Gasteiger partial charge on any atom is -0.380 e. The maximum atomic E-state index is 4.15. The van der Waals surface area contributed by atoms with Gasteiger partial charge >= 0.3 is 0 Å². The molecule has 0 fully saturated rings. The van der Waals surface area contributed by atoms with E-state index >= 15 is 0 Å². The van der Waals surface area contributed by atoms with E-state index in [1.54, 1.807) is 0 Å². The summed E-state index contributed by atoms with van der Waals surface area (Å²) in [6, 6.07) is 9.18. The van der Waals surface area contributed by atoms with Gasteiger partial charge in [-0.25, -0.2) is 0 Å². The van der Waals surface area contributed by atoms with Crippen molar-refractivity contribution >= 4 is 5.69 Å². The zero-order valence-electron chi connectivity index (χ0n) is 11.4. The Labute approximate surface area is 109 Å². The average Bonchev–Trinajstić information content (AvgIpc) is 2.72. The minimum absolute atomic E-state index is 0.453. The molecule has 2 aromatic rings. The fourth-order valence-corrected chi connectivity index (χ4v) is 2.10. The number of benzene rings is 1. The van der Waals surface area contributed by atoms with Crippen LogP contribution in [0.1, 0.15) is 24.5 Å². The van der Waals surface area contributed by atoms with Crippen LogP contribution in [-0.2, 0) is 13.5 Å². The van der Waals surface area contributed by atoms with Gasteiger partial charge in [-0.15, -0.1) is 0 Å². The summed E-state index contributed by atoms with van der Waals surface area (Å²) < 4.78 is 1.82. The summed E-state index contributed by atoms with van der Waals surface area (Å²) in [5.74, 6) is 0. The van der Waals surface area contributed by atoms with E-state index in [1.165, 1.54) is 11.1 Å². The van der Waals surface area contributed by atoms with E-state index in [4.69, 9.17) is 0 Å². The van der Waals surface area contributed by atoms with Crippen molar-refractivity contribution in [1.29, 1.82) is 0 Å². The van der Waals surface area contributed by atoms with Gasteiger partial charge in [-0.2, -0.15) is 5.10 Å². The Morgan fingerprint density at radius 1 is 1.39 bits per heavy atom. The highest BCUT2D eigenvalue weighted by molar-refractivity contribution is 5.39. The molecule has 2 rings (SSSR count). The van der Waals surface area contributed by atoms with E-state index in [1.807, 2.05) is 24.1 Å². The minimum atomic E-state index is 0.453. The average molecular weight is 243 g/mol. The van der Waals surface area contributed by atoms with Crippen LogP contribution in [0.3, 0.4) is 0 Å². The van der Waals surface area contributed by atoms with Crippen LogP contribution < -0.4 is 5.32 Å². The van der Waals surface area contributed by atoms with E-state index < -0.39 is 0 Å². The normalized spacial score (nSPS) is 12.4. The molecule has 1 atom stereocenters. The quantitative estimate of drug-likeness (QED) is 0.874. The number of aryl methyl sites for hydroxylation is 3. The highest BCUT2D eigenvalue weighted by Gasteiger charge is 2.04. The van der Waals surface area contributed by atoms with Crippen LogP contribution in [0.25, 0.3) is 0 Å². The van der Waals surface area contributed by atoms with Gasteiger partial charge in [-0.05, 0) is 32.3 Å². The first-order valence-corrected chi connectivity index (χ1v) is 6.44. The molecule has 0 saturated carbocycles. The van der Waals surface area contributed by atoms with Gasteiger partial charge in [0.05, 0.1) is 11.9 Å². The molecule has 0 aliphatic carbocycles. The Balaban J connectivity index is 1.83. The highest BCUT2D eigenvalue weighted by atomic mass is 15.3. The number of aromatic nitrogens is 2. The van der Waals surface area contributed by atoms with Gasteiger partial charge in [0, 0.05) is 19.3 Å². The lowest BCUT2D eigenvalue weighted by Crippen LogP contribution is -2.15. The fourth-order valence-electron chi connectivity index (χ4n) is 2.10. The third-order valence-electron chi connectivity index (χ3n) is 3.07. The van der Waals surface area contributed by atoms with Gasteiger partial charge in [-0.3, -0.25) is 4.68 Å². The maximum absolute atomic E-state index is 4.15. The molecule has 1 aromatic carbocycles. The second-order valence-corrected chi connectivity index (χ2v) is 4.98. The summed E-state index contributed by atoms with van der Waals surface area (Å²) in [5, 5.41) is 7.62. The van der Waals surface area contributed by atoms with Crippen molar-refractivity contribution < 1.29 is 0 Å². The predicted molar refractivity (Wildman–Crippen MR) is 75.8 cm³/mol. The molecule has 0 bridgehead atoms. The lowest BCUT2D eigenvalue weighted by molar-refractivity contribution is 0.705. The topological polar surface area (TPSA) is 29.9 Å². The van der Waals surface area contributed by atoms with E-state index in [-0.39, 0.29) is 0 Å². The highest BCUT2D eigenvalue weighted by Crippen LogP contribution is 2.11. The van der Waals surface area contributed by atoms with Crippen molar-refractivity contribution in [2.75, 3.05) is 5.32 Å². The van der Waals surface area contributed by atoms with Crippen LogP contribution in [0.15, 0.2) is 36.7 Å². The molecule has 0 saturated heterocycles. The molecule has 0 spiro atoms. The molecular weight excluding hydrogens is 222 g/mol. The van der Waals surface area contributed by atoms with Crippen molar-refractivity contribution in [2.45, 2.75) is 32.7 Å². The first-order chi connectivity index (χ1) is 8.63. The van der Waals surface area contributed by atoms with Gasteiger partial charge in [-0.1, -0.05) is 29.8 Å². The summed E-state index contributed by atoms with van der Waals surface area (Å²) in [6.45, 7) is 4.35. The standard InChI is InChI=1S/C15H21N3/c1-12-5-4-6-14(9-12)8-7-13(2)17-15-10-16-18(3)11-15/h4-6,9-11,13,17H,7-8H2,1-3H3. The van der Waals surface area contributed by atoms with Crippen molar-refractivity contribution in [1.82, 2.24) is 9.78 Å². The number of rotatable bonds is 5. The SMILES string of the molecule is Cc1cccc(CCC(C)Nc2cnn(C)c2)c1. The first kappa shape index (κ1) is 12.7. The summed E-state index contributed by atoms with van der Waals surface area (Å²) in [5.41, 5.74) is 3.84. The first-order valence-electron chi connectivity index (χ1n) is 6.44. The van der Waals surface area contributed by atoms with E-state index in [0.29, 0.717) is 6.04 Å². The number of nitrogens with zero attached hydrogens (tertiary/aromatic N) is 2. The number of hydrogen-bond acceptors (Lipinski definition) is 2. The van der Waals surface area contributed by atoms with Gasteiger partial charge in [0.1, 0.15) is 0 Å². The molecule has 3 nitrogen and oxygen atoms in total. The summed E-state index contributed by atoms with van der Waals surface area (Å²) in [6.07, 6.45) is 6.10. The van der Waals surface area contributed by atoms with Crippen LogP contribution in [0.2, 0.25) is 0 Å². The zero-order chi connectivity index (χ0) is 13.0. The third-order valence-corrected chi connectivity index (χ3v) is 3.07. The van der Waals surface area contributed by atoms with Gasteiger partial charge in [0.25, 0.3) is 0 Å². The van der Waals surface area contributed by atoms with E-state index in [9.17, 15) is 0 Å². The smallest absolute Gasteiger partial charge is 0.0728 e. The van der Waals surface area contributed by atoms with Crippen molar-refractivity contribution in [3.8, 4) is 0 Å². The Morgan fingerprint density at radius 2 is 2.22 bits per heavy atom. The van der Waals surface area contributed by atoms with Crippen LogP contribution in [0.5, 0.6) is 0 Å². The number of nitrogens with one attached hydrogen (secondary N) is 1. The molecule has 0 amide bonds. The fraction of sp³-hybridized carbons (Fsp3) is 0.400. The zero-order valence-corrected chi connectivity index (χ0v) is 11.4. The van der Waals surface area contributed by atoms with E-state index in [0.717, 1.165) is 18.5 Å². The van der Waals surface area contributed by atoms with Crippen molar-refractivity contribution in [2.24, 2.45) is 7.05 Å². The van der Waals surface area contributed by atoms with Crippen molar-refractivity contribution in [3.05, 3.63) is 47.8 Å². The number of anilines is 1. The Hall–Kier alpha value is -1.77. The Morgan fingerprint density at radius 3 is 2.89 bits per heavy atom. The van der Waals surface area contributed by atoms with Gasteiger partial charge < -0.3 is 5.32 Å². The molecule has 18 heavy (non-hydrogen) atoms. The predicted octanol–water partition coefficient (Wildman–Crippen LogP) is 3.16. The lowest BCUT2D eigenvalue weighted by atomic mass is 10.0. The van der Waals surface area contributed by atoms with Crippen LogP contribution in [-0.4, -0.2) is 15.8 Å². The summed E-state index contributed by atoms with van der Waals surface area (Å²) in [7, 11) is 1.93. The van der Waals surface area contributed by atoms with Crippen molar-refractivity contribution in [3.63, 3.8) is 0 Å². The molecule has 0 radical (unpaired) electrons. The van der Waals surface area contributed by atoms with Crippen LogP contribution >= 0.6 is 0 Å². The van der Waals surface area contributed by atoms with Gasteiger partial charge in [0.15, 0.2) is 0 Å². The summed E-state index contributed by atoms with van der Waals surface area (Å²) >= 11 is 0. The van der Waals surface area contributed by atoms with Crippen LogP contribution in [0, 0.1) is 6.92 Å². The third kappa shape index (κ3) is 3.62. The second kappa shape index (κ2) is 5.71. The Bertz CT molecular complexity index is 502. The second-order valence-electron chi connectivity index (χ2n) is 4.98. The molecule has 0 aliphatic heterocycles. The molecule has 0 aliphatic rings. The monoisotopic (exact) mass is 243 g/mol.